The predicted octanol–water partition coefficient (Wildman–Crippen LogP) is 5.13. The fraction of sp³-hybridized carbons (Fsp3) is 0.370. The molecule has 3 heterocycles. The van der Waals surface area contributed by atoms with Crippen LogP contribution in [-0.4, -0.2) is 27.3 Å². The van der Waals surface area contributed by atoms with Crippen LogP contribution in [0, 0.1) is 12.7 Å². The first kappa shape index (κ1) is 21.7. The standard InChI is InChI=1S/C27H29FN4O/c1-19-23-14-15-25(33)32(18-20-7-3-2-4-8-20)27(23)30-26(29-19)24-9-5-6-16-31(24)17-21-10-12-22(28)13-11-21/h2-4,7-8,10-13,24H,5-6,9,14-18H2,1H3/t24-/m0/s1. The first-order chi connectivity index (χ1) is 16.1. The van der Waals surface area contributed by atoms with Crippen molar-refractivity contribution >= 4 is 11.7 Å². The number of piperidine rings is 1. The van der Waals surface area contributed by atoms with Crippen molar-refractivity contribution in [2.75, 3.05) is 11.4 Å². The molecule has 2 aliphatic heterocycles. The molecule has 33 heavy (non-hydrogen) atoms. The molecule has 5 rings (SSSR count). The highest BCUT2D eigenvalue weighted by Gasteiger charge is 2.32. The topological polar surface area (TPSA) is 49.3 Å². The number of benzene rings is 2. The Morgan fingerprint density at radius 1 is 0.939 bits per heavy atom. The molecule has 1 saturated heterocycles. The van der Waals surface area contributed by atoms with Crippen LogP contribution >= 0.6 is 0 Å². The van der Waals surface area contributed by atoms with Gasteiger partial charge in [0.25, 0.3) is 0 Å². The van der Waals surface area contributed by atoms with E-state index >= 15 is 0 Å². The van der Waals surface area contributed by atoms with Gasteiger partial charge >= 0.3 is 0 Å². The van der Waals surface area contributed by atoms with Crippen LogP contribution in [0.25, 0.3) is 0 Å². The van der Waals surface area contributed by atoms with Gasteiger partial charge in [0, 0.05) is 24.2 Å². The van der Waals surface area contributed by atoms with Crippen LogP contribution in [0.1, 0.15) is 59.9 Å². The molecular formula is C27H29FN4O. The third kappa shape index (κ3) is 4.67. The molecule has 6 heteroatoms. The van der Waals surface area contributed by atoms with E-state index in [0.29, 0.717) is 19.4 Å². The summed E-state index contributed by atoms with van der Waals surface area (Å²) in [5.74, 6) is 1.46. The van der Waals surface area contributed by atoms with E-state index in [0.717, 1.165) is 66.4 Å². The minimum absolute atomic E-state index is 0.0865. The number of hydrogen-bond donors (Lipinski definition) is 0. The van der Waals surface area contributed by atoms with Gasteiger partial charge in [-0.3, -0.25) is 14.6 Å². The van der Waals surface area contributed by atoms with Gasteiger partial charge in [-0.25, -0.2) is 14.4 Å². The summed E-state index contributed by atoms with van der Waals surface area (Å²) in [5.41, 5.74) is 4.22. The second-order valence-corrected chi connectivity index (χ2v) is 9.04. The Hall–Kier alpha value is -3.12. The second-order valence-electron chi connectivity index (χ2n) is 9.04. The molecule has 3 aromatic rings. The van der Waals surface area contributed by atoms with E-state index in [1.807, 2.05) is 54.3 Å². The van der Waals surface area contributed by atoms with Gasteiger partial charge < -0.3 is 0 Å². The molecule has 1 aromatic heterocycles. The Morgan fingerprint density at radius 2 is 1.70 bits per heavy atom. The Bertz CT molecular complexity index is 1130. The molecule has 1 fully saturated rings. The summed E-state index contributed by atoms with van der Waals surface area (Å²) in [6.07, 6.45) is 4.40. The number of nitrogens with zero attached hydrogens (tertiary/aromatic N) is 4. The number of halogens is 1. The Labute approximate surface area is 194 Å². The highest BCUT2D eigenvalue weighted by atomic mass is 19.1. The normalized spacial score (nSPS) is 18.9. The Balaban J connectivity index is 1.47. The molecule has 2 aromatic carbocycles. The molecule has 0 saturated carbocycles. The van der Waals surface area contributed by atoms with Gasteiger partial charge in [-0.15, -0.1) is 0 Å². The lowest BCUT2D eigenvalue weighted by atomic mass is 9.98. The van der Waals surface area contributed by atoms with Gasteiger partial charge in [0.1, 0.15) is 17.5 Å². The summed E-state index contributed by atoms with van der Waals surface area (Å²) in [6, 6.07) is 16.9. The van der Waals surface area contributed by atoms with Crippen LogP contribution in [-0.2, 0) is 24.3 Å². The van der Waals surface area contributed by atoms with Gasteiger partial charge in [0.15, 0.2) is 0 Å². The zero-order valence-corrected chi connectivity index (χ0v) is 19.0. The van der Waals surface area contributed by atoms with E-state index in [1.165, 1.54) is 12.1 Å². The van der Waals surface area contributed by atoms with Crippen molar-refractivity contribution in [2.24, 2.45) is 0 Å². The fourth-order valence-electron chi connectivity index (χ4n) is 4.98. The van der Waals surface area contributed by atoms with E-state index in [9.17, 15) is 9.18 Å². The van der Waals surface area contributed by atoms with Crippen molar-refractivity contribution in [3.8, 4) is 0 Å². The number of amides is 1. The monoisotopic (exact) mass is 444 g/mol. The van der Waals surface area contributed by atoms with Crippen molar-refractivity contribution in [2.45, 2.75) is 58.2 Å². The third-order valence-corrected chi connectivity index (χ3v) is 6.75. The average Bonchev–Trinajstić information content (AvgIpc) is 2.83. The second kappa shape index (κ2) is 9.40. The molecular weight excluding hydrogens is 415 g/mol. The van der Waals surface area contributed by atoms with Crippen molar-refractivity contribution in [3.05, 3.63) is 88.6 Å². The molecule has 1 amide bonds. The number of fused-ring (bicyclic) bond motifs is 1. The maximum absolute atomic E-state index is 13.4. The molecule has 0 unspecified atom stereocenters. The Kier molecular flexibility index (Phi) is 6.18. The number of carbonyl (C=O) groups excluding carboxylic acids is 1. The quantitative estimate of drug-likeness (QED) is 0.547. The molecule has 0 radical (unpaired) electrons. The van der Waals surface area contributed by atoms with Crippen LogP contribution < -0.4 is 4.90 Å². The molecule has 1 atom stereocenters. The summed E-state index contributed by atoms with van der Waals surface area (Å²) in [4.78, 5) is 27.1. The molecule has 0 aliphatic carbocycles. The summed E-state index contributed by atoms with van der Waals surface area (Å²) >= 11 is 0. The van der Waals surface area contributed by atoms with Crippen LogP contribution in [0.5, 0.6) is 0 Å². The van der Waals surface area contributed by atoms with Crippen LogP contribution in [0.2, 0.25) is 0 Å². The molecule has 170 valence electrons. The summed E-state index contributed by atoms with van der Waals surface area (Å²) in [7, 11) is 0. The predicted molar refractivity (Wildman–Crippen MR) is 126 cm³/mol. The van der Waals surface area contributed by atoms with Gasteiger partial charge in [-0.2, -0.15) is 0 Å². The van der Waals surface area contributed by atoms with Gasteiger partial charge in [0.2, 0.25) is 5.91 Å². The Morgan fingerprint density at radius 3 is 2.48 bits per heavy atom. The third-order valence-electron chi connectivity index (χ3n) is 6.75. The number of rotatable bonds is 5. The zero-order chi connectivity index (χ0) is 22.8. The SMILES string of the molecule is Cc1nc([C@@H]2CCCCN2Cc2ccc(F)cc2)nc2c1CCC(=O)N2Cc1ccccc1. The number of likely N-dealkylation sites (tertiary alicyclic amines) is 1. The maximum atomic E-state index is 13.4. The van der Waals surface area contributed by atoms with Gasteiger partial charge in [-0.05, 0) is 56.0 Å². The van der Waals surface area contributed by atoms with E-state index in [2.05, 4.69) is 4.90 Å². The largest absolute Gasteiger partial charge is 0.292 e. The van der Waals surface area contributed by atoms with Crippen LogP contribution in [0.4, 0.5) is 10.2 Å². The molecule has 5 nitrogen and oxygen atoms in total. The van der Waals surface area contributed by atoms with Crippen LogP contribution in [0.15, 0.2) is 54.6 Å². The van der Waals surface area contributed by atoms with E-state index in [4.69, 9.17) is 9.97 Å². The van der Waals surface area contributed by atoms with Gasteiger partial charge in [0.05, 0.1) is 12.6 Å². The first-order valence-electron chi connectivity index (χ1n) is 11.8. The lowest BCUT2D eigenvalue weighted by Crippen LogP contribution is -2.38. The number of carbonyl (C=O) groups is 1. The van der Waals surface area contributed by atoms with E-state index in [1.54, 1.807) is 0 Å². The summed E-state index contributed by atoms with van der Waals surface area (Å²) < 4.78 is 13.4. The van der Waals surface area contributed by atoms with Crippen LogP contribution in [0.3, 0.4) is 0 Å². The van der Waals surface area contributed by atoms with Crippen molar-refractivity contribution in [3.63, 3.8) is 0 Å². The smallest absolute Gasteiger partial charge is 0.228 e. The van der Waals surface area contributed by atoms with Crippen molar-refractivity contribution in [1.29, 1.82) is 0 Å². The van der Waals surface area contributed by atoms with E-state index < -0.39 is 0 Å². The number of anilines is 1. The fourth-order valence-corrected chi connectivity index (χ4v) is 4.98. The maximum Gasteiger partial charge on any atom is 0.228 e. The minimum atomic E-state index is -0.217. The minimum Gasteiger partial charge on any atom is -0.292 e. The summed E-state index contributed by atoms with van der Waals surface area (Å²) in [6.45, 7) is 4.24. The number of aryl methyl sites for hydroxylation is 1. The van der Waals surface area contributed by atoms with Crippen molar-refractivity contribution in [1.82, 2.24) is 14.9 Å². The molecule has 0 N–H and O–H groups in total. The lowest BCUT2D eigenvalue weighted by Gasteiger charge is -2.36. The van der Waals surface area contributed by atoms with Crippen molar-refractivity contribution < 1.29 is 9.18 Å². The average molecular weight is 445 g/mol. The lowest BCUT2D eigenvalue weighted by molar-refractivity contribution is -0.119. The molecule has 2 aliphatic rings. The van der Waals surface area contributed by atoms with Gasteiger partial charge in [-0.1, -0.05) is 48.9 Å². The zero-order valence-electron chi connectivity index (χ0n) is 19.0. The highest BCUT2D eigenvalue weighted by molar-refractivity contribution is 5.95. The number of aromatic nitrogens is 2. The molecule has 0 spiro atoms. The first-order valence-corrected chi connectivity index (χ1v) is 11.8. The highest BCUT2D eigenvalue weighted by Crippen LogP contribution is 2.35. The molecule has 0 bridgehead atoms. The van der Waals surface area contributed by atoms with E-state index in [-0.39, 0.29) is 17.8 Å². The summed E-state index contributed by atoms with van der Waals surface area (Å²) in [5, 5.41) is 0. The number of hydrogen-bond acceptors (Lipinski definition) is 4.